The number of aromatic nitrogens is 2. The number of hydrogen-bond donors (Lipinski definition) is 0. The summed E-state index contributed by atoms with van der Waals surface area (Å²) in [4.78, 5) is 19.4. The van der Waals surface area contributed by atoms with Crippen molar-refractivity contribution in [3.8, 4) is 5.88 Å². The van der Waals surface area contributed by atoms with Gasteiger partial charge in [-0.05, 0) is 0 Å². The Morgan fingerprint density at radius 1 is 1.47 bits per heavy atom. The molecular weight excluding hydrogens is 196 g/mol. The first-order valence-corrected chi connectivity index (χ1v) is 4.79. The molecule has 1 aliphatic rings. The Morgan fingerprint density at radius 2 is 2.33 bits per heavy atom. The average Bonchev–Trinajstić information content (AvgIpc) is 2.29. The molecule has 15 heavy (non-hydrogen) atoms. The summed E-state index contributed by atoms with van der Waals surface area (Å²) in [6.45, 7) is 0.469. The highest BCUT2D eigenvalue weighted by Crippen LogP contribution is 2.24. The molecule has 0 aliphatic carbocycles. The Labute approximate surface area is 87.4 Å². The van der Waals surface area contributed by atoms with Gasteiger partial charge in [-0.1, -0.05) is 0 Å². The third-order valence-corrected chi connectivity index (χ3v) is 2.30. The summed E-state index contributed by atoms with van der Waals surface area (Å²) in [5, 5.41) is 0. The van der Waals surface area contributed by atoms with E-state index in [0.29, 0.717) is 31.0 Å². The molecule has 2 heterocycles. The summed E-state index contributed by atoms with van der Waals surface area (Å²) in [5.41, 5.74) is 0.684. The minimum absolute atomic E-state index is 0.212. The van der Waals surface area contributed by atoms with Gasteiger partial charge in [-0.3, -0.25) is 9.78 Å². The van der Waals surface area contributed by atoms with E-state index in [4.69, 9.17) is 9.47 Å². The number of Topliss-reactive ketones (excluding diaryl/α,β-unsaturated/α-hetero) is 1. The van der Waals surface area contributed by atoms with Crippen molar-refractivity contribution >= 4 is 5.78 Å². The van der Waals surface area contributed by atoms with Crippen LogP contribution in [0.4, 0.5) is 0 Å². The number of ketones is 1. The van der Waals surface area contributed by atoms with Gasteiger partial charge in [0, 0.05) is 12.8 Å². The SMILES string of the molecule is COc1cnc(C2CC(=O)CCO2)cn1. The molecule has 1 atom stereocenters. The van der Waals surface area contributed by atoms with Gasteiger partial charge in [-0.15, -0.1) is 0 Å². The molecule has 2 rings (SSSR count). The summed E-state index contributed by atoms with van der Waals surface area (Å²) in [6.07, 6.45) is 3.76. The van der Waals surface area contributed by atoms with Crippen LogP contribution >= 0.6 is 0 Å². The second-order valence-electron chi connectivity index (χ2n) is 3.34. The van der Waals surface area contributed by atoms with Gasteiger partial charge in [0.05, 0.1) is 31.8 Å². The van der Waals surface area contributed by atoms with E-state index in [1.165, 1.54) is 13.3 Å². The average molecular weight is 208 g/mol. The molecule has 0 spiro atoms. The van der Waals surface area contributed by atoms with Crippen LogP contribution in [0.15, 0.2) is 12.4 Å². The maximum Gasteiger partial charge on any atom is 0.231 e. The lowest BCUT2D eigenvalue weighted by atomic mass is 10.1. The number of methoxy groups -OCH3 is 1. The summed E-state index contributed by atoms with van der Waals surface area (Å²) >= 11 is 0. The zero-order valence-corrected chi connectivity index (χ0v) is 8.47. The van der Waals surface area contributed by atoms with E-state index in [9.17, 15) is 4.79 Å². The van der Waals surface area contributed by atoms with Gasteiger partial charge in [0.2, 0.25) is 5.88 Å². The fraction of sp³-hybridized carbons (Fsp3) is 0.500. The maximum atomic E-state index is 11.2. The number of carbonyl (C=O) groups is 1. The quantitative estimate of drug-likeness (QED) is 0.722. The lowest BCUT2D eigenvalue weighted by molar-refractivity contribution is -0.128. The lowest BCUT2D eigenvalue weighted by Gasteiger charge is -2.20. The van der Waals surface area contributed by atoms with E-state index >= 15 is 0 Å². The first-order valence-electron chi connectivity index (χ1n) is 4.79. The molecule has 0 N–H and O–H groups in total. The standard InChI is InChI=1S/C10H12N2O3/c1-14-10-6-11-8(5-12-10)9-4-7(13)2-3-15-9/h5-6,9H,2-4H2,1H3. The molecule has 5 nitrogen and oxygen atoms in total. The van der Waals surface area contributed by atoms with E-state index in [1.54, 1.807) is 6.20 Å². The van der Waals surface area contributed by atoms with Gasteiger partial charge < -0.3 is 9.47 Å². The number of rotatable bonds is 2. The second-order valence-corrected chi connectivity index (χ2v) is 3.34. The normalized spacial score (nSPS) is 21.4. The summed E-state index contributed by atoms with van der Waals surface area (Å²) < 4.78 is 10.3. The number of ether oxygens (including phenoxy) is 2. The van der Waals surface area contributed by atoms with Crippen molar-refractivity contribution in [1.29, 1.82) is 0 Å². The van der Waals surface area contributed by atoms with E-state index in [0.717, 1.165) is 0 Å². The van der Waals surface area contributed by atoms with Crippen molar-refractivity contribution in [3.63, 3.8) is 0 Å². The molecule has 0 radical (unpaired) electrons. The molecule has 1 fully saturated rings. The van der Waals surface area contributed by atoms with Crippen LogP contribution in [0.5, 0.6) is 5.88 Å². The number of hydrogen-bond acceptors (Lipinski definition) is 5. The van der Waals surface area contributed by atoms with Crippen LogP contribution < -0.4 is 4.74 Å². The Morgan fingerprint density at radius 3 is 2.93 bits per heavy atom. The van der Waals surface area contributed by atoms with Crippen molar-refractivity contribution in [2.45, 2.75) is 18.9 Å². The number of carbonyl (C=O) groups excluding carboxylic acids is 1. The van der Waals surface area contributed by atoms with Crippen molar-refractivity contribution in [3.05, 3.63) is 18.1 Å². The van der Waals surface area contributed by atoms with Crippen LogP contribution in [0.3, 0.4) is 0 Å². The lowest BCUT2D eigenvalue weighted by Crippen LogP contribution is -2.20. The Balaban J connectivity index is 2.11. The molecule has 0 amide bonds. The molecule has 5 heteroatoms. The molecule has 1 aliphatic heterocycles. The van der Waals surface area contributed by atoms with Crippen molar-refractivity contribution in [2.75, 3.05) is 13.7 Å². The highest BCUT2D eigenvalue weighted by Gasteiger charge is 2.22. The van der Waals surface area contributed by atoms with E-state index in [-0.39, 0.29) is 11.9 Å². The van der Waals surface area contributed by atoms with Gasteiger partial charge in [0.1, 0.15) is 11.9 Å². The predicted octanol–water partition coefficient (Wildman–Crippen LogP) is 0.906. The summed E-state index contributed by atoms with van der Waals surface area (Å²) in [6, 6.07) is 0. The Kier molecular flexibility index (Phi) is 2.91. The van der Waals surface area contributed by atoms with Crippen LogP contribution in [-0.2, 0) is 9.53 Å². The Bertz CT molecular complexity index is 350. The zero-order valence-electron chi connectivity index (χ0n) is 8.47. The van der Waals surface area contributed by atoms with Gasteiger partial charge in [0.25, 0.3) is 0 Å². The van der Waals surface area contributed by atoms with Crippen LogP contribution in [0.1, 0.15) is 24.6 Å². The van der Waals surface area contributed by atoms with Gasteiger partial charge >= 0.3 is 0 Å². The van der Waals surface area contributed by atoms with Crippen LogP contribution in [0, 0.1) is 0 Å². The van der Waals surface area contributed by atoms with E-state index in [2.05, 4.69) is 9.97 Å². The van der Waals surface area contributed by atoms with Crippen LogP contribution in [0.25, 0.3) is 0 Å². The topological polar surface area (TPSA) is 61.3 Å². The fourth-order valence-electron chi connectivity index (χ4n) is 1.47. The van der Waals surface area contributed by atoms with Crippen LogP contribution in [0.2, 0.25) is 0 Å². The third kappa shape index (κ3) is 2.30. The molecular formula is C10H12N2O3. The van der Waals surface area contributed by atoms with Crippen LogP contribution in [-0.4, -0.2) is 29.5 Å². The Hall–Kier alpha value is -1.49. The van der Waals surface area contributed by atoms with Crippen molar-refractivity contribution in [1.82, 2.24) is 9.97 Å². The van der Waals surface area contributed by atoms with Crippen molar-refractivity contribution < 1.29 is 14.3 Å². The third-order valence-electron chi connectivity index (χ3n) is 2.30. The highest BCUT2D eigenvalue weighted by atomic mass is 16.5. The summed E-state index contributed by atoms with van der Waals surface area (Å²) in [5.74, 6) is 0.671. The van der Waals surface area contributed by atoms with Gasteiger partial charge in [-0.2, -0.15) is 0 Å². The maximum absolute atomic E-state index is 11.2. The van der Waals surface area contributed by atoms with E-state index in [1.807, 2.05) is 0 Å². The second kappa shape index (κ2) is 4.35. The predicted molar refractivity (Wildman–Crippen MR) is 51.5 cm³/mol. The van der Waals surface area contributed by atoms with Gasteiger partial charge in [0.15, 0.2) is 0 Å². The molecule has 0 bridgehead atoms. The van der Waals surface area contributed by atoms with Crippen molar-refractivity contribution in [2.24, 2.45) is 0 Å². The number of nitrogens with zero attached hydrogens (tertiary/aromatic N) is 2. The van der Waals surface area contributed by atoms with Gasteiger partial charge in [-0.25, -0.2) is 4.98 Å². The summed E-state index contributed by atoms with van der Waals surface area (Å²) in [7, 11) is 1.53. The molecule has 1 aromatic heterocycles. The largest absolute Gasteiger partial charge is 0.480 e. The zero-order chi connectivity index (χ0) is 10.7. The first kappa shape index (κ1) is 10.0. The molecule has 1 saturated heterocycles. The molecule has 1 aromatic rings. The first-order chi connectivity index (χ1) is 7.29. The molecule has 0 saturated carbocycles. The fourth-order valence-corrected chi connectivity index (χ4v) is 1.47. The molecule has 1 unspecified atom stereocenters. The smallest absolute Gasteiger partial charge is 0.231 e. The highest BCUT2D eigenvalue weighted by molar-refractivity contribution is 5.79. The monoisotopic (exact) mass is 208 g/mol. The van der Waals surface area contributed by atoms with E-state index < -0.39 is 0 Å². The molecule has 80 valence electrons. The molecule has 0 aromatic carbocycles. The minimum atomic E-state index is -0.246. The minimum Gasteiger partial charge on any atom is -0.480 e.